The van der Waals surface area contributed by atoms with E-state index < -0.39 is 11.3 Å². The van der Waals surface area contributed by atoms with Crippen molar-refractivity contribution in [3.05, 3.63) is 54.5 Å². The predicted octanol–water partition coefficient (Wildman–Crippen LogP) is 2.12. The number of ether oxygens (including phenoxy) is 1. The van der Waals surface area contributed by atoms with Crippen LogP contribution in [0.1, 0.15) is 24.4 Å². The van der Waals surface area contributed by atoms with Crippen LogP contribution >= 0.6 is 0 Å². The van der Waals surface area contributed by atoms with E-state index in [0.717, 1.165) is 59.7 Å². The van der Waals surface area contributed by atoms with Crippen molar-refractivity contribution in [2.75, 3.05) is 25.5 Å². The average molecular weight is 467 g/mol. The molecule has 4 heterocycles. The quantitative estimate of drug-likeness (QED) is 0.398. The van der Waals surface area contributed by atoms with E-state index in [1.807, 2.05) is 41.0 Å². The molecule has 1 fully saturated rings. The number of hydrogen-bond acceptors (Lipinski definition) is 7. The van der Waals surface area contributed by atoms with Crippen LogP contribution in [0.5, 0.6) is 0 Å². The van der Waals surface area contributed by atoms with Gasteiger partial charge in [0.25, 0.3) is 0 Å². The topological polar surface area (TPSA) is 135 Å². The Morgan fingerprint density at radius 2 is 2.03 bits per heavy atom. The fraction of sp³-hybridized carbons (Fsp3) is 0.318. The molecule has 3 aromatic heterocycles. The van der Waals surface area contributed by atoms with Gasteiger partial charge in [-0.3, -0.25) is 8.89 Å². The summed E-state index contributed by atoms with van der Waals surface area (Å²) in [7, 11) is 0. The Kier molecular flexibility index (Phi) is 6.18. The molecule has 11 heteroatoms. The van der Waals surface area contributed by atoms with Crippen LogP contribution in [0.25, 0.3) is 28.0 Å². The van der Waals surface area contributed by atoms with Crippen LogP contribution in [0.4, 0.5) is 5.82 Å². The van der Waals surface area contributed by atoms with Crippen LogP contribution in [0, 0.1) is 0 Å². The molecule has 0 saturated carbocycles. The number of fused-ring (bicyclic) bond motifs is 1. The van der Waals surface area contributed by atoms with E-state index in [2.05, 4.69) is 30.7 Å². The smallest absolute Gasteiger partial charge is 0.152 e. The molecule has 0 aliphatic carbocycles. The van der Waals surface area contributed by atoms with Crippen LogP contribution in [-0.2, 0) is 22.4 Å². The predicted molar refractivity (Wildman–Crippen MR) is 124 cm³/mol. The van der Waals surface area contributed by atoms with Gasteiger partial charge >= 0.3 is 0 Å². The van der Waals surface area contributed by atoms with Crippen molar-refractivity contribution in [2.24, 2.45) is 0 Å². The summed E-state index contributed by atoms with van der Waals surface area (Å²) < 4.78 is 33.3. The van der Waals surface area contributed by atoms with Crippen molar-refractivity contribution in [2.45, 2.75) is 25.3 Å². The Morgan fingerprint density at radius 1 is 1.18 bits per heavy atom. The molecule has 4 aromatic rings. The molecule has 0 bridgehead atoms. The number of rotatable bonds is 7. The third-order valence-corrected chi connectivity index (χ3v) is 6.36. The van der Waals surface area contributed by atoms with Gasteiger partial charge in [0, 0.05) is 48.3 Å². The van der Waals surface area contributed by atoms with Gasteiger partial charge in [0.1, 0.15) is 11.8 Å². The summed E-state index contributed by atoms with van der Waals surface area (Å²) in [6, 6.07) is 12.3. The van der Waals surface area contributed by atoms with E-state index >= 15 is 0 Å². The van der Waals surface area contributed by atoms with Crippen LogP contribution in [0.2, 0.25) is 0 Å². The number of aromatic nitrogens is 5. The summed E-state index contributed by atoms with van der Waals surface area (Å²) in [6.07, 6.45) is 5.64. The molecule has 0 spiro atoms. The van der Waals surface area contributed by atoms with Gasteiger partial charge in [-0.1, -0.05) is 18.2 Å². The molecule has 5 rings (SSSR count). The van der Waals surface area contributed by atoms with Crippen molar-refractivity contribution in [1.82, 2.24) is 29.1 Å². The summed E-state index contributed by atoms with van der Waals surface area (Å²) >= 11 is -2.27. The summed E-state index contributed by atoms with van der Waals surface area (Å²) in [6.45, 7) is 1.77. The van der Waals surface area contributed by atoms with Crippen molar-refractivity contribution in [3.63, 3.8) is 0 Å². The summed E-state index contributed by atoms with van der Waals surface area (Å²) in [5.74, 6) is 0.393. The number of hydrogen-bond donors (Lipinski definition) is 2. The standard InChI is InChI=1S/C22H25N7O3S/c23-22-21-18(19-5-8-25-28(19)17-6-10-32-11-7-17)13-20(29(21)26-14-24-22)16-3-1-2-15(12-16)4-9-27-33(30)31/h1-3,5,8,12-14,17,27H,4,6-7,9-11H2,(H,30,31)(H2,23,24,26)/p-1. The molecule has 33 heavy (non-hydrogen) atoms. The van der Waals surface area contributed by atoms with E-state index in [0.29, 0.717) is 18.8 Å². The zero-order valence-electron chi connectivity index (χ0n) is 17.9. The first-order valence-electron chi connectivity index (χ1n) is 10.8. The first kappa shape index (κ1) is 21.7. The fourth-order valence-electron chi connectivity index (χ4n) is 4.38. The molecule has 1 aliphatic rings. The van der Waals surface area contributed by atoms with Gasteiger partial charge in [-0.25, -0.2) is 14.2 Å². The maximum absolute atomic E-state index is 10.8. The number of benzene rings is 1. The first-order valence-corrected chi connectivity index (χ1v) is 11.8. The van der Waals surface area contributed by atoms with Gasteiger partial charge in [0.15, 0.2) is 5.82 Å². The second-order valence-corrected chi connectivity index (χ2v) is 8.69. The van der Waals surface area contributed by atoms with Gasteiger partial charge in [-0.05, 0) is 43.0 Å². The van der Waals surface area contributed by atoms with E-state index in [9.17, 15) is 8.76 Å². The van der Waals surface area contributed by atoms with Crippen molar-refractivity contribution in [1.29, 1.82) is 0 Å². The number of nitrogen functional groups attached to an aromatic ring is 1. The molecular formula is C22H24N7O3S-. The Balaban J connectivity index is 1.58. The highest BCUT2D eigenvalue weighted by atomic mass is 32.2. The lowest BCUT2D eigenvalue weighted by molar-refractivity contribution is 0.0667. The molecule has 1 aliphatic heterocycles. The minimum Gasteiger partial charge on any atom is -0.760 e. The van der Waals surface area contributed by atoms with E-state index in [1.165, 1.54) is 6.33 Å². The highest BCUT2D eigenvalue weighted by Gasteiger charge is 2.23. The lowest BCUT2D eigenvalue weighted by atomic mass is 10.0. The van der Waals surface area contributed by atoms with Crippen LogP contribution in [-0.4, -0.2) is 52.9 Å². The maximum atomic E-state index is 10.8. The van der Waals surface area contributed by atoms with E-state index in [4.69, 9.17) is 10.5 Å². The summed E-state index contributed by atoms with van der Waals surface area (Å²) in [5.41, 5.74) is 11.8. The van der Waals surface area contributed by atoms with Crippen molar-refractivity contribution >= 4 is 22.6 Å². The molecule has 1 unspecified atom stereocenters. The largest absolute Gasteiger partial charge is 0.760 e. The molecule has 1 aromatic carbocycles. The van der Waals surface area contributed by atoms with E-state index in [-0.39, 0.29) is 6.04 Å². The van der Waals surface area contributed by atoms with Gasteiger partial charge in [-0.2, -0.15) is 10.2 Å². The second-order valence-electron chi connectivity index (χ2n) is 7.93. The van der Waals surface area contributed by atoms with Crippen LogP contribution < -0.4 is 10.5 Å². The number of nitrogens with two attached hydrogens (primary N) is 1. The minimum absolute atomic E-state index is 0.260. The summed E-state index contributed by atoms with van der Waals surface area (Å²) in [5, 5.41) is 9.10. The third kappa shape index (κ3) is 4.40. The first-order chi connectivity index (χ1) is 16.1. The van der Waals surface area contributed by atoms with Gasteiger partial charge < -0.3 is 15.0 Å². The minimum atomic E-state index is -2.27. The molecule has 0 radical (unpaired) electrons. The highest BCUT2D eigenvalue weighted by molar-refractivity contribution is 7.77. The molecule has 0 amide bonds. The third-order valence-electron chi connectivity index (χ3n) is 5.92. The van der Waals surface area contributed by atoms with Crippen LogP contribution in [0.15, 0.2) is 48.9 Å². The molecule has 10 nitrogen and oxygen atoms in total. The SMILES string of the molecule is Nc1ncnn2c(-c3cccc(CCNS(=O)[O-])c3)cc(-c3ccnn3C3CCOCC3)c12. The molecule has 3 N–H and O–H groups in total. The van der Waals surface area contributed by atoms with E-state index in [1.54, 1.807) is 0 Å². The van der Waals surface area contributed by atoms with Gasteiger partial charge in [0.2, 0.25) is 0 Å². The normalized spacial score (nSPS) is 15.8. The van der Waals surface area contributed by atoms with Crippen molar-refractivity contribution < 1.29 is 13.5 Å². The van der Waals surface area contributed by atoms with Crippen molar-refractivity contribution in [3.8, 4) is 22.5 Å². The lowest BCUT2D eigenvalue weighted by Gasteiger charge is -2.24. The lowest BCUT2D eigenvalue weighted by Crippen LogP contribution is -2.21. The van der Waals surface area contributed by atoms with Gasteiger partial charge in [-0.15, -0.1) is 0 Å². The Bertz CT molecular complexity index is 1300. The second kappa shape index (κ2) is 9.40. The molecular weight excluding hydrogens is 442 g/mol. The number of nitrogens with one attached hydrogen (secondary N) is 1. The monoisotopic (exact) mass is 466 g/mol. The molecule has 1 saturated heterocycles. The number of anilines is 1. The Hall–Kier alpha value is -3.12. The Morgan fingerprint density at radius 3 is 2.85 bits per heavy atom. The molecule has 172 valence electrons. The summed E-state index contributed by atoms with van der Waals surface area (Å²) in [4.78, 5) is 4.23. The zero-order valence-corrected chi connectivity index (χ0v) is 18.7. The zero-order chi connectivity index (χ0) is 22.8. The van der Waals surface area contributed by atoms with Gasteiger partial charge in [0.05, 0.1) is 17.4 Å². The molecule has 1 atom stereocenters. The average Bonchev–Trinajstić information content (AvgIpc) is 3.45. The highest BCUT2D eigenvalue weighted by Crippen LogP contribution is 2.36. The Labute approximate surface area is 193 Å². The number of nitrogens with zero attached hydrogens (tertiary/aromatic N) is 5. The fourth-order valence-corrected chi connectivity index (χ4v) is 4.65. The van der Waals surface area contributed by atoms with Crippen LogP contribution in [0.3, 0.4) is 0 Å². The maximum Gasteiger partial charge on any atom is 0.152 e.